The Bertz CT molecular complexity index is 95.6. The molecule has 0 aliphatic carbocycles. The quantitative estimate of drug-likeness (QED) is 0.225. The number of hydrogen-bond acceptors (Lipinski definition) is 4. The maximum absolute atomic E-state index is 8.52. The van der Waals surface area contributed by atoms with E-state index in [2.05, 4.69) is 0 Å². The molecule has 0 amide bonds. The van der Waals surface area contributed by atoms with Gasteiger partial charge in [0.25, 0.3) is 0 Å². The van der Waals surface area contributed by atoms with E-state index in [4.69, 9.17) is 17.5 Å². The Balaban J connectivity index is -0.0000000267. The van der Waals surface area contributed by atoms with Gasteiger partial charge in [0, 0.05) is 10.4 Å². The minimum atomic E-state index is -5.17. The van der Waals surface area contributed by atoms with Crippen molar-refractivity contribution in [2.45, 2.75) is 0 Å². The van der Waals surface area contributed by atoms with Crippen LogP contribution in [0.3, 0.4) is 0 Å². The first kappa shape index (κ1) is 22.5. The molecule has 0 aromatic rings. The zero-order valence-corrected chi connectivity index (χ0v) is 9.04. The monoisotopic (exact) mass is 208 g/mol. The summed E-state index contributed by atoms with van der Waals surface area (Å²) in [5.74, 6) is 0. The molecule has 0 atom stereocenters. The van der Waals surface area contributed by atoms with Crippen molar-refractivity contribution in [1.82, 2.24) is 0 Å². The molecule has 8 heteroatoms. The molecule has 2 N–H and O–H groups in total. The summed E-state index contributed by atoms with van der Waals surface area (Å²) in [6, 6.07) is 0. The average molecular weight is 208 g/mol. The second kappa shape index (κ2) is 8.99. The third kappa shape index (κ3) is 98.8. The molecule has 0 aromatic carbocycles. The van der Waals surface area contributed by atoms with Gasteiger partial charge < -0.3 is 14.6 Å². The molecule has 0 aliphatic heterocycles. The van der Waals surface area contributed by atoms with E-state index in [1.807, 2.05) is 0 Å². The van der Waals surface area contributed by atoms with Gasteiger partial charge in [0.05, 0.1) is 0 Å². The van der Waals surface area contributed by atoms with Gasteiger partial charge in [0.2, 0.25) is 0 Å². The van der Waals surface area contributed by atoms with Gasteiger partial charge in [-0.3, -0.25) is 8.42 Å². The van der Waals surface area contributed by atoms with E-state index in [0.717, 1.165) is 0 Å². The molecule has 0 heterocycles. The van der Waals surface area contributed by atoms with Crippen LogP contribution in [0.2, 0.25) is 0 Å². The molecular formula is H2KMnO5S+. The molecule has 0 aliphatic rings. The van der Waals surface area contributed by atoms with E-state index >= 15 is 0 Å². The Morgan fingerprint density at radius 2 is 1.12 bits per heavy atom. The van der Waals surface area contributed by atoms with Gasteiger partial charge in [0.1, 0.15) is 0 Å². The molecule has 8 heavy (non-hydrogen) atoms. The molecule has 0 bridgehead atoms. The molecule has 5 nitrogen and oxygen atoms in total. The van der Waals surface area contributed by atoms with Crippen molar-refractivity contribution in [2.75, 3.05) is 0 Å². The molecule has 0 rings (SSSR count). The van der Waals surface area contributed by atoms with Gasteiger partial charge in [0.15, 0.2) is 0 Å². The Labute approximate surface area is 100 Å². The van der Waals surface area contributed by atoms with Crippen molar-refractivity contribution < 1.29 is 91.5 Å². The van der Waals surface area contributed by atoms with Gasteiger partial charge in [-0.15, -0.1) is 0 Å². The molecule has 0 spiro atoms. The fourth-order valence-electron chi connectivity index (χ4n) is 0. The first-order valence-corrected chi connectivity index (χ1v) is 2.00. The second-order valence-corrected chi connectivity index (χ2v) is 1.22. The van der Waals surface area contributed by atoms with E-state index in [1.54, 1.807) is 0 Å². The fraction of sp³-hybridized carbons (Fsp3) is 0. The largest absolute Gasteiger partial charge is 2.00 e. The normalized spacial score (nSPS) is 7.25. The second-order valence-electron chi connectivity index (χ2n) is 0.408. The van der Waals surface area contributed by atoms with Gasteiger partial charge >= 0.3 is 68.5 Å². The zero-order chi connectivity index (χ0) is 4.50. The maximum atomic E-state index is 8.52. The van der Waals surface area contributed by atoms with Crippen LogP contribution in [0.4, 0.5) is 0 Å². The average Bonchev–Trinajstić information content (AvgIpc) is 0.722. The van der Waals surface area contributed by atoms with Crippen LogP contribution in [0.15, 0.2) is 0 Å². The molecule has 45 valence electrons. The number of hydrogen-bond donors (Lipinski definition) is 0. The molecule has 0 fully saturated rings. The van der Waals surface area contributed by atoms with Crippen molar-refractivity contribution in [3.05, 3.63) is 0 Å². The molecule has 0 unspecified atom stereocenters. The van der Waals surface area contributed by atoms with Crippen LogP contribution in [0.1, 0.15) is 0 Å². The topological polar surface area (TPSA) is 112 Å². The van der Waals surface area contributed by atoms with E-state index in [-0.39, 0.29) is 73.9 Å². The van der Waals surface area contributed by atoms with Gasteiger partial charge in [-0.2, -0.15) is 0 Å². The summed E-state index contributed by atoms with van der Waals surface area (Å²) >= 11 is 0. The molecule has 0 saturated heterocycles. The first-order chi connectivity index (χ1) is 2.00. The maximum Gasteiger partial charge on any atom is 2.00 e. The minimum Gasteiger partial charge on any atom is -0.759 e. The fourth-order valence-corrected chi connectivity index (χ4v) is 0. The van der Waals surface area contributed by atoms with Crippen LogP contribution < -0.4 is 51.4 Å². The van der Waals surface area contributed by atoms with Crippen LogP contribution in [-0.4, -0.2) is 23.0 Å². The summed E-state index contributed by atoms with van der Waals surface area (Å²) in [6.07, 6.45) is 0. The van der Waals surface area contributed by atoms with Crippen molar-refractivity contribution in [2.24, 2.45) is 0 Å². The third-order valence-electron chi connectivity index (χ3n) is 0. The van der Waals surface area contributed by atoms with Crippen molar-refractivity contribution in [3.63, 3.8) is 0 Å². The smallest absolute Gasteiger partial charge is 0.759 e. The first-order valence-electron chi connectivity index (χ1n) is 0.667. The summed E-state index contributed by atoms with van der Waals surface area (Å²) in [7, 11) is -5.17. The van der Waals surface area contributed by atoms with Crippen LogP contribution in [0.25, 0.3) is 0 Å². The summed E-state index contributed by atoms with van der Waals surface area (Å²) < 4.78 is 34.1. The van der Waals surface area contributed by atoms with E-state index in [1.165, 1.54) is 0 Å². The van der Waals surface area contributed by atoms with Crippen LogP contribution in [0, 0.1) is 0 Å². The van der Waals surface area contributed by atoms with Crippen molar-refractivity contribution in [3.8, 4) is 0 Å². The summed E-state index contributed by atoms with van der Waals surface area (Å²) in [4.78, 5) is 0. The Morgan fingerprint density at radius 3 is 1.12 bits per heavy atom. The van der Waals surface area contributed by atoms with Gasteiger partial charge in [-0.05, 0) is 0 Å². The van der Waals surface area contributed by atoms with Crippen molar-refractivity contribution in [1.29, 1.82) is 0 Å². The molecule has 1 radical (unpaired) electrons. The molecule has 0 aromatic heterocycles. The molecule has 0 saturated carbocycles. The predicted octanol–water partition coefficient (Wildman–Crippen LogP) is -5.16. The summed E-state index contributed by atoms with van der Waals surface area (Å²) in [5, 5.41) is 0. The Kier molecular flexibility index (Phi) is 25.3. The predicted molar refractivity (Wildman–Crippen MR) is 14.1 cm³/mol. The van der Waals surface area contributed by atoms with Gasteiger partial charge in [-0.1, -0.05) is 0 Å². The standard InChI is InChI=1S/K.Mn.H2O4S.H2O/c;;1-5(2,3)4;/h;;(H2,1,2,3,4);1H2/q+1;+2;;/p-2. The Hall–Kier alpha value is 1.99. The third-order valence-corrected chi connectivity index (χ3v) is 0. The van der Waals surface area contributed by atoms with E-state index in [0.29, 0.717) is 0 Å². The van der Waals surface area contributed by atoms with Crippen LogP contribution in [0.5, 0.6) is 0 Å². The minimum absolute atomic E-state index is 0. The van der Waals surface area contributed by atoms with Crippen LogP contribution >= 0.6 is 0 Å². The van der Waals surface area contributed by atoms with Crippen LogP contribution in [-0.2, 0) is 27.5 Å². The molecular weight excluding hydrogens is 206 g/mol. The van der Waals surface area contributed by atoms with E-state index < -0.39 is 10.4 Å². The van der Waals surface area contributed by atoms with Gasteiger partial charge in [-0.25, -0.2) is 0 Å². The SMILES string of the molecule is O.O=S(=O)([O-])[O-].[K+].[Mn+2]. The van der Waals surface area contributed by atoms with Crippen molar-refractivity contribution >= 4 is 10.4 Å². The summed E-state index contributed by atoms with van der Waals surface area (Å²) in [6.45, 7) is 0. The zero-order valence-electron chi connectivity index (χ0n) is 3.92. The number of rotatable bonds is 0. The Morgan fingerprint density at radius 1 is 1.12 bits per heavy atom. The summed E-state index contributed by atoms with van der Waals surface area (Å²) in [5.41, 5.74) is 0. The van der Waals surface area contributed by atoms with E-state index in [9.17, 15) is 0 Å².